The molecule has 1 amide bonds. The third-order valence-electron chi connectivity index (χ3n) is 5.04. The van der Waals surface area contributed by atoms with Crippen LogP contribution in [0.5, 0.6) is 11.5 Å². The highest BCUT2D eigenvalue weighted by molar-refractivity contribution is 7.92. The standard InChI is InChI=1S/C19H25N3O6S/c1-12(19(23)20-14-6-4-5-7-14)29(24,25)11-17-21-18(22-28-17)13-8-9-15(26-2)16(10-13)27-3/h8-10,12,14H,4-7,11H2,1-3H3,(H,20,23). The predicted octanol–water partition coefficient (Wildman–Crippen LogP) is 2.12. The number of hydrogen-bond donors (Lipinski definition) is 1. The number of rotatable bonds is 8. The maximum Gasteiger partial charge on any atom is 0.242 e. The highest BCUT2D eigenvalue weighted by Gasteiger charge is 2.32. The Morgan fingerprint density at radius 3 is 2.59 bits per heavy atom. The molecule has 9 nitrogen and oxygen atoms in total. The predicted molar refractivity (Wildman–Crippen MR) is 105 cm³/mol. The zero-order chi connectivity index (χ0) is 21.0. The molecule has 0 spiro atoms. The lowest BCUT2D eigenvalue weighted by Gasteiger charge is -2.16. The van der Waals surface area contributed by atoms with E-state index in [1.807, 2.05) is 0 Å². The summed E-state index contributed by atoms with van der Waals surface area (Å²) >= 11 is 0. The second-order valence-corrected chi connectivity index (χ2v) is 9.34. The van der Waals surface area contributed by atoms with Crippen molar-refractivity contribution >= 4 is 15.7 Å². The molecular weight excluding hydrogens is 398 g/mol. The number of nitrogens with one attached hydrogen (secondary N) is 1. The number of carbonyl (C=O) groups is 1. The highest BCUT2D eigenvalue weighted by Crippen LogP contribution is 2.31. The maximum absolute atomic E-state index is 12.6. The number of carbonyl (C=O) groups excluding carboxylic acids is 1. The summed E-state index contributed by atoms with van der Waals surface area (Å²) in [7, 11) is -0.765. The van der Waals surface area contributed by atoms with E-state index in [0.717, 1.165) is 25.7 Å². The van der Waals surface area contributed by atoms with Gasteiger partial charge in [0, 0.05) is 11.6 Å². The van der Waals surface area contributed by atoms with Crippen LogP contribution in [0, 0.1) is 0 Å². The molecular formula is C19H25N3O6S. The van der Waals surface area contributed by atoms with Gasteiger partial charge in [0.25, 0.3) is 0 Å². The van der Waals surface area contributed by atoms with Crippen LogP contribution in [0.25, 0.3) is 11.4 Å². The van der Waals surface area contributed by atoms with Crippen molar-refractivity contribution in [3.8, 4) is 22.9 Å². The van der Waals surface area contributed by atoms with E-state index in [4.69, 9.17) is 14.0 Å². The minimum Gasteiger partial charge on any atom is -0.493 e. The molecule has 10 heteroatoms. The van der Waals surface area contributed by atoms with Crippen molar-refractivity contribution in [2.45, 2.75) is 49.7 Å². The van der Waals surface area contributed by atoms with E-state index in [9.17, 15) is 13.2 Å². The molecule has 1 aromatic carbocycles. The minimum atomic E-state index is -3.80. The second kappa shape index (κ2) is 8.81. The quantitative estimate of drug-likeness (QED) is 0.685. The SMILES string of the molecule is COc1ccc(-c2noc(CS(=O)(=O)C(C)C(=O)NC3CCCC3)n2)cc1OC. The molecule has 1 saturated carbocycles. The summed E-state index contributed by atoms with van der Waals surface area (Å²) in [6.07, 6.45) is 3.87. The fourth-order valence-electron chi connectivity index (χ4n) is 3.25. The van der Waals surface area contributed by atoms with Gasteiger partial charge < -0.3 is 19.3 Å². The molecule has 1 unspecified atom stereocenters. The number of nitrogens with zero attached hydrogens (tertiary/aromatic N) is 2. The van der Waals surface area contributed by atoms with Crippen molar-refractivity contribution < 1.29 is 27.2 Å². The van der Waals surface area contributed by atoms with Crippen molar-refractivity contribution in [2.75, 3.05) is 14.2 Å². The van der Waals surface area contributed by atoms with Gasteiger partial charge in [-0.1, -0.05) is 18.0 Å². The molecule has 1 atom stereocenters. The lowest BCUT2D eigenvalue weighted by atomic mass is 10.2. The number of ether oxygens (including phenoxy) is 2. The van der Waals surface area contributed by atoms with Crippen LogP contribution in [0.2, 0.25) is 0 Å². The van der Waals surface area contributed by atoms with E-state index in [2.05, 4.69) is 15.5 Å². The van der Waals surface area contributed by atoms with Crippen LogP contribution in [-0.4, -0.2) is 50.0 Å². The Bertz CT molecular complexity index is 966. The number of amides is 1. The maximum atomic E-state index is 12.6. The molecule has 0 radical (unpaired) electrons. The van der Waals surface area contributed by atoms with Crippen molar-refractivity contribution in [1.29, 1.82) is 0 Å². The summed E-state index contributed by atoms with van der Waals surface area (Å²) in [5.74, 6) is 0.184. The van der Waals surface area contributed by atoms with Crippen LogP contribution in [0.3, 0.4) is 0 Å². The summed E-state index contributed by atoms with van der Waals surface area (Å²) in [6, 6.07) is 5.12. The van der Waals surface area contributed by atoms with E-state index in [1.165, 1.54) is 21.1 Å². The molecule has 1 fully saturated rings. The lowest BCUT2D eigenvalue weighted by Crippen LogP contribution is -2.42. The van der Waals surface area contributed by atoms with E-state index >= 15 is 0 Å². The Hall–Kier alpha value is -2.62. The fraction of sp³-hybridized carbons (Fsp3) is 0.526. The van der Waals surface area contributed by atoms with Gasteiger partial charge >= 0.3 is 0 Å². The van der Waals surface area contributed by atoms with Crippen LogP contribution < -0.4 is 14.8 Å². The first-order valence-corrected chi connectivity index (χ1v) is 11.1. The molecule has 0 aliphatic heterocycles. The van der Waals surface area contributed by atoms with Gasteiger partial charge in [-0.25, -0.2) is 8.42 Å². The summed E-state index contributed by atoms with van der Waals surface area (Å²) in [6.45, 7) is 1.38. The number of methoxy groups -OCH3 is 2. The molecule has 2 aromatic rings. The van der Waals surface area contributed by atoms with E-state index < -0.39 is 26.7 Å². The van der Waals surface area contributed by atoms with Crippen molar-refractivity contribution in [3.63, 3.8) is 0 Å². The minimum absolute atomic E-state index is 0.0557. The number of aromatic nitrogens is 2. The first kappa shape index (κ1) is 21.1. The third-order valence-corrected chi connectivity index (χ3v) is 6.98. The van der Waals surface area contributed by atoms with Crippen LogP contribution in [0.4, 0.5) is 0 Å². The number of sulfone groups is 1. The van der Waals surface area contributed by atoms with Gasteiger partial charge in [-0.05, 0) is 38.0 Å². The van der Waals surface area contributed by atoms with Crippen molar-refractivity contribution in [1.82, 2.24) is 15.5 Å². The van der Waals surface area contributed by atoms with Gasteiger partial charge in [0.2, 0.25) is 17.6 Å². The van der Waals surface area contributed by atoms with Gasteiger partial charge in [0.1, 0.15) is 11.0 Å². The second-order valence-electron chi connectivity index (χ2n) is 7.02. The zero-order valence-corrected chi connectivity index (χ0v) is 17.5. The molecule has 1 aromatic heterocycles. The monoisotopic (exact) mass is 423 g/mol. The molecule has 1 N–H and O–H groups in total. The van der Waals surface area contributed by atoms with Crippen molar-refractivity contribution in [3.05, 3.63) is 24.1 Å². The Labute approximate surface area is 169 Å². The van der Waals surface area contributed by atoms with Crippen LogP contribution in [-0.2, 0) is 20.4 Å². The average Bonchev–Trinajstić information content (AvgIpc) is 3.38. The topological polar surface area (TPSA) is 121 Å². The Morgan fingerprint density at radius 1 is 1.24 bits per heavy atom. The van der Waals surface area contributed by atoms with Crippen LogP contribution >= 0.6 is 0 Å². The largest absolute Gasteiger partial charge is 0.493 e. The van der Waals surface area contributed by atoms with Gasteiger partial charge in [0.15, 0.2) is 21.3 Å². The van der Waals surface area contributed by atoms with E-state index in [1.54, 1.807) is 18.2 Å². The summed E-state index contributed by atoms with van der Waals surface area (Å²) in [5, 5.41) is 5.46. The molecule has 0 bridgehead atoms. The first-order chi connectivity index (χ1) is 13.8. The normalized spacial score (nSPS) is 15.8. The molecule has 29 heavy (non-hydrogen) atoms. The summed E-state index contributed by atoms with van der Waals surface area (Å²) < 4.78 is 40.8. The molecule has 0 saturated heterocycles. The summed E-state index contributed by atoms with van der Waals surface area (Å²) in [4.78, 5) is 16.5. The van der Waals surface area contributed by atoms with Gasteiger partial charge in [-0.3, -0.25) is 4.79 Å². The fourth-order valence-corrected chi connectivity index (χ4v) is 4.36. The van der Waals surface area contributed by atoms with Gasteiger partial charge in [-0.2, -0.15) is 4.98 Å². The van der Waals surface area contributed by atoms with Crippen LogP contribution in [0.15, 0.2) is 22.7 Å². The van der Waals surface area contributed by atoms with Gasteiger partial charge in [-0.15, -0.1) is 0 Å². The Kier molecular flexibility index (Phi) is 6.41. The Morgan fingerprint density at radius 2 is 1.93 bits per heavy atom. The zero-order valence-electron chi connectivity index (χ0n) is 16.7. The average molecular weight is 423 g/mol. The van der Waals surface area contributed by atoms with E-state index in [-0.39, 0.29) is 17.8 Å². The third kappa shape index (κ3) is 4.87. The highest BCUT2D eigenvalue weighted by atomic mass is 32.2. The molecule has 1 heterocycles. The lowest BCUT2D eigenvalue weighted by molar-refractivity contribution is -0.121. The first-order valence-electron chi connectivity index (χ1n) is 9.41. The number of benzene rings is 1. The van der Waals surface area contributed by atoms with Gasteiger partial charge in [0.05, 0.1) is 14.2 Å². The van der Waals surface area contributed by atoms with E-state index in [0.29, 0.717) is 17.1 Å². The molecule has 1 aliphatic carbocycles. The molecule has 3 rings (SSSR count). The summed E-state index contributed by atoms with van der Waals surface area (Å²) in [5.41, 5.74) is 0.585. The van der Waals surface area contributed by atoms with Crippen LogP contribution in [0.1, 0.15) is 38.5 Å². The Balaban J connectivity index is 1.70. The molecule has 1 aliphatic rings. The molecule has 158 valence electrons. The van der Waals surface area contributed by atoms with Crippen molar-refractivity contribution in [2.24, 2.45) is 0 Å². The smallest absolute Gasteiger partial charge is 0.242 e. The number of hydrogen-bond acceptors (Lipinski definition) is 8.